The Labute approximate surface area is 165 Å². The van der Waals surface area contributed by atoms with Crippen molar-refractivity contribution in [2.45, 2.75) is 6.42 Å². The van der Waals surface area contributed by atoms with Gasteiger partial charge in [0.25, 0.3) is 5.91 Å². The molecule has 1 aromatic heterocycles. The van der Waals surface area contributed by atoms with Crippen LogP contribution in [0.25, 0.3) is 0 Å². The number of nitrogens with zero attached hydrogens (tertiary/aromatic N) is 1. The Morgan fingerprint density at radius 3 is 2.37 bits per heavy atom. The molecule has 0 spiro atoms. The van der Waals surface area contributed by atoms with Crippen LogP contribution in [0.1, 0.15) is 16.8 Å². The molecule has 3 N–H and O–H groups in total. The molecule has 1 fully saturated rings. The van der Waals surface area contributed by atoms with E-state index in [1.54, 1.807) is 24.3 Å². The highest BCUT2D eigenvalue weighted by molar-refractivity contribution is 6.40. The number of carbonyl (C=O) groups is 3. The molecule has 0 radical (unpaired) electrons. The second kappa shape index (κ2) is 7.94. The minimum atomic E-state index is -0.476. The number of amides is 3. The van der Waals surface area contributed by atoms with Gasteiger partial charge in [0, 0.05) is 25.0 Å². The molecule has 140 valence electrons. The fourth-order valence-corrected chi connectivity index (χ4v) is 3.23. The number of carbonyl (C=O) groups excluding carboxylic acids is 3. The maximum absolute atomic E-state index is 12.4. The lowest BCUT2D eigenvalue weighted by atomic mass is 10.2. The lowest BCUT2D eigenvalue weighted by Gasteiger charge is -2.10. The monoisotopic (exact) mass is 406 g/mol. The third-order valence-corrected chi connectivity index (χ3v) is 4.80. The number of rotatable bonds is 5. The highest BCUT2D eigenvalue weighted by Crippen LogP contribution is 2.39. The van der Waals surface area contributed by atoms with Crippen LogP contribution < -0.4 is 16.0 Å². The van der Waals surface area contributed by atoms with E-state index in [0.717, 1.165) is 0 Å². The first-order valence-electron chi connectivity index (χ1n) is 8.14. The van der Waals surface area contributed by atoms with E-state index in [0.29, 0.717) is 12.1 Å². The van der Waals surface area contributed by atoms with Crippen LogP contribution >= 0.6 is 23.2 Å². The lowest BCUT2D eigenvalue weighted by Crippen LogP contribution is -2.24. The molecule has 0 bridgehead atoms. The normalized spacial score (nSPS) is 17.7. The molecule has 1 heterocycles. The van der Waals surface area contributed by atoms with E-state index in [-0.39, 0.29) is 45.1 Å². The molecule has 1 aliphatic carbocycles. The second-order valence-electron chi connectivity index (χ2n) is 6.03. The third kappa shape index (κ3) is 4.37. The van der Waals surface area contributed by atoms with Gasteiger partial charge in [-0.25, -0.2) is 4.98 Å². The van der Waals surface area contributed by atoms with E-state index in [4.69, 9.17) is 23.2 Å². The van der Waals surface area contributed by atoms with Gasteiger partial charge in [0.05, 0.1) is 27.4 Å². The molecule has 1 aliphatic rings. The van der Waals surface area contributed by atoms with Crippen LogP contribution in [0.3, 0.4) is 0 Å². The second-order valence-corrected chi connectivity index (χ2v) is 6.85. The molecular weight excluding hydrogens is 391 g/mol. The molecular formula is C18H16Cl2N4O3. The van der Waals surface area contributed by atoms with E-state index in [9.17, 15) is 14.4 Å². The summed E-state index contributed by atoms with van der Waals surface area (Å²) in [5, 5.41) is 8.32. The largest absolute Gasteiger partial charge is 0.359 e. The Hall–Kier alpha value is -2.64. The minimum absolute atomic E-state index is 0.152. The zero-order chi connectivity index (χ0) is 19.6. The highest BCUT2D eigenvalue weighted by Gasteiger charge is 2.47. The number of anilines is 2. The predicted molar refractivity (Wildman–Crippen MR) is 103 cm³/mol. The molecule has 2 atom stereocenters. The van der Waals surface area contributed by atoms with Crippen LogP contribution in [-0.4, -0.2) is 29.8 Å². The van der Waals surface area contributed by atoms with E-state index in [1.807, 2.05) is 0 Å². The zero-order valence-electron chi connectivity index (χ0n) is 14.3. The summed E-state index contributed by atoms with van der Waals surface area (Å²) < 4.78 is 0. The summed E-state index contributed by atoms with van der Waals surface area (Å²) in [6, 6.07) is 7.87. The summed E-state index contributed by atoms with van der Waals surface area (Å²) in [6.45, 7) is 0. The molecule has 27 heavy (non-hydrogen) atoms. The first-order chi connectivity index (χ1) is 12.9. The Morgan fingerprint density at radius 2 is 1.70 bits per heavy atom. The Kier molecular flexibility index (Phi) is 5.62. The maximum Gasteiger partial charge on any atom is 0.258 e. The van der Waals surface area contributed by atoms with Crippen LogP contribution in [0.2, 0.25) is 10.0 Å². The zero-order valence-corrected chi connectivity index (χ0v) is 15.8. The van der Waals surface area contributed by atoms with Gasteiger partial charge in [-0.2, -0.15) is 0 Å². The van der Waals surface area contributed by atoms with Gasteiger partial charge in [-0.1, -0.05) is 29.3 Å². The average Bonchev–Trinajstić information content (AvgIpc) is 3.42. The smallest absolute Gasteiger partial charge is 0.258 e. The van der Waals surface area contributed by atoms with Gasteiger partial charge in [0.1, 0.15) is 5.82 Å². The SMILES string of the molecule is CNC(=O)[C@@H]1C[C@@H]1C(=O)Nc1cc(NC(=O)c2c(Cl)cccc2Cl)ccn1. The van der Waals surface area contributed by atoms with Gasteiger partial charge in [0.2, 0.25) is 11.8 Å². The first kappa shape index (κ1) is 19.1. The molecule has 0 saturated heterocycles. The summed E-state index contributed by atoms with van der Waals surface area (Å²) in [7, 11) is 1.54. The van der Waals surface area contributed by atoms with Crippen LogP contribution in [0.4, 0.5) is 11.5 Å². The van der Waals surface area contributed by atoms with Gasteiger partial charge in [-0.3, -0.25) is 14.4 Å². The minimum Gasteiger partial charge on any atom is -0.359 e. The number of hydrogen-bond donors (Lipinski definition) is 3. The fourth-order valence-electron chi connectivity index (χ4n) is 2.66. The van der Waals surface area contributed by atoms with E-state index < -0.39 is 5.91 Å². The van der Waals surface area contributed by atoms with Crippen LogP contribution in [-0.2, 0) is 9.59 Å². The summed E-state index contributed by atoms with van der Waals surface area (Å²) in [5.74, 6) is -1.32. The van der Waals surface area contributed by atoms with Crippen molar-refractivity contribution in [1.29, 1.82) is 0 Å². The molecule has 2 aromatic rings. The lowest BCUT2D eigenvalue weighted by molar-refractivity contribution is -0.124. The van der Waals surface area contributed by atoms with E-state index >= 15 is 0 Å². The van der Waals surface area contributed by atoms with Gasteiger partial charge in [-0.15, -0.1) is 0 Å². The van der Waals surface area contributed by atoms with Crippen LogP contribution in [0.5, 0.6) is 0 Å². The fraction of sp³-hybridized carbons (Fsp3) is 0.222. The van der Waals surface area contributed by atoms with E-state index in [2.05, 4.69) is 20.9 Å². The van der Waals surface area contributed by atoms with Crippen molar-refractivity contribution >= 4 is 52.4 Å². The average molecular weight is 407 g/mol. The third-order valence-electron chi connectivity index (χ3n) is 4.17. The summed E-state index contributed by atoms with van der Waals surface area (Å²) >= 11 is 12.1. The van der Waals surface area contributed by atoms with Gasteiger partial charge >= 0.3 is 0 Å². The first-order valence-corrected chi connectivity index (χ1v) is 8.90. The standard InChI is InChI=1S/C18H16Cl2N4O3/c1-21-16(25)10-8-11(10)17(26)24-14-7-9(5-6-22-14)23-18(27)15-12(19)3-2-4-13(15)20/h2-7,10-11H,8H2,1H3,(H,21,25)(H2,22,23,24,26,27)/t10-,11+/m1/s1. The number of hydrogen-bond acceptors (Lipinski definition) is 4. The van der Waals surface area contributed by atoms with Crippen molar-refractivity contribution in [1.82, 2.24) is 10.3 Å². The topological polar surface area (TPSA) is 100 Å². The van der Waals surface area contributed by atoms with Gasteiger partial charge < -0.3 is 16.0 Å². The maximum atomic E-state index is 12.4. The van der Waals surface area contributed by atoms with Crippen molar-refractivity contribution in [2.75, 3.05) is 17.7 Å². The molecule has 3 rings (SSSR count). The van der Waals surface area contributed by atoms with Crippen LogP contribution in [0, 0.1) is 11.8 Å². The quantitative estimate of drug-likeness (QED) is 0.710. The Bertz CT molecular complexity index is 899. The Morgan fingerprint density at radius 1 is 1.04 bits per heavy atom. The molecule has 1 aromatic carbocycles. The molecule has 9 heteroatoms. The van der Waals surface area contributed by atoms with Gasteiger partial charge in [0.15, 0.2) is 0 Å². The highest BCUT2D eigenvalue weighted by atomic mass is 35.5. The molecule has 1 saturated carbocycles. The van der Waals surface area contributed by atoms with Crippen molar-refractivity contribution in [3.8, 4) is 0 Å². The number of nitrogens with one attached hydrogen (secondary N) is 3. The number of aromatic nitrogens is 1. The van der Waals surface area contributed by atoms with Crippen molar-refractivity contribution in [3.63, 3.8) is 0 Å². The molecule has 0 aliphatic heterocycles. The number of benzene rings is 1. The van der Waals surface area contributed by atoms with Gasteiger partial charge in [-0.05, 0) is 24.6 Å². The number of pyridine rings is 1. The predicted octanol–water partition coefficient (Wildman–Crippen LogP) is 2.96. The van der Waals surface area contributed by atoms with Crippen molar-refractivity contribution in [2.24, 2.45) is 11.8 Å². The van der Waals surface area contributed by atoms with Crippen molar-refractivity contribution in [3.05, 3.63) is 52.1 Å². The van der Waals surface area contributed by atoms with Crippen LogP contribution in [0.15, 0.2) is 36.5 Å². The van der Waals surface area contributed by atoms with Crippen molar-refractivity contribution < 1.29 is 14.4 Å². The number of halogens is 2. The molecule has 0 unspecified atom stereocenters. The summed E-state index contributed by atoms with van der Waals surface area (Å²) in [6.07, 6.45) is 1.95. The molecule has 3 amide bonds. The summed E-state index contributed by atoms with van der Waals surface area (Å²) in [5.41, 5.74) is 0.578. The molecule has 7 nitrogen and oxygen atoms in total. The summed E-state index contributed by atoms with van der Waals surface area (Å²) in [4.78, 5) is 40.2. The Balaban J connectivity index is 1.67. The van der Waals surface area contributed by atoms with E-state index in [1.165, 1.54) is 19.3 Å².